The molecule has 2 aromatic rings. The quantitative estimate of drug-likeness (QED) is 0.840. The Hall–Kier alpha value is -1.81. The van der Waals surface area contributed by atoms with Gasteiger partial charge >= 0.3 is 0 Å². The van der Waals surface area contributed by atoms with E-state index in [-0.39, 0.29) is 5.82 Å². The van der Waals surface area contributed by atoms with E-state index in [1.54, 1.807) is 12.3 Å². The van der Waals surface area contributed by atoms with Crippen molar-refractivity contribution in [3.8, 4) is 0 Å². The lowest BCUT2D eigenvalue weighted by molar-refractivity contribution is 0.502. The fourth-order valence-corrected chi connectivity index (χ4v) is 2.15. The van der Waals surface area contributed by atoms with Gasteiger partial charge in [-0.1, -0.05) is 19.9 Å². The van der Waals surface area contributed by atoms with Crippen molar-refractivity contribution in [2.75, 3.05) is 18.5 Å². The lowest BCUT2D eigenvalue weighted by Crippen LogP contribution is -2.18. The fourth-order valence-electron chi connectivity index (χ4n) is 2.15. The van der Waals surface area contributed by atoms with Crippen molar-refractivity contribution in [3.63, 3.8) is 0 Å². The van der Waals surface area contributed by atoms with Gasteiger partial charge in [0.2, 0.25) is 0 Å². The second kappa shape index (κ2) is 7.27. The Morgan fingerprint density at radius 1 is 1.29 bits per heavy atom. The SMILES string of the molecule is CC(C)CNCc1coc(CN(C)c2cccc(F)c2)c1. The lowest BCUT2D eigenvalue weighted by atomic mass is 10.2. The molecule has 1 heterocycles. The number of hydrogen-bond acceptors (Lipinski definition) is 3. The molecule has 0 bridgehead atoms. The summed E-state index contributed by atoms with van der Waals surface area (Å²) in [5.41, 5.74) is 1.98. The van der Waals surface area contributed by atoms with Crippen molar-refractivity contribution in [2.24, 2.45) is 5.92 Å². The highest BCUT2D eigenvalue weighted by Crippen LogP contribution is 2.18. The summed E-state index contributed by atoms with van der Waals surface area (Å²) in [7, 11) is 1.92. The summed E-state index contributed by atoms with van der Waals surface area (Å²) in [5.74, 6) is 1.29. The number of nitrogens with zero attached hydrogens (tertiary/aromatic N) is 1. The maximum absolute atomic E-state index is 13.2. The predicted molar refractivity (Wildman–Crippen MR) is 83.8 cm³/mol. The molecule has 4 heteroatoms. The van der Waals surface area contributed by atoms with Gasteiger partial charge in [-0.15, -0.1) is 0 Å². The minimum Gasteiger partial charge on any atom is -0.467 e. The van der Waals surface area contributed by atoms with E-state index in [4.69, 9.17) is 4.42 Å². The number of furan rings is 1. The molecule has 21 heavy (non-hydrogen) atoms. The molecule has 1 aromatic carbocycles. The zero-order chi connectivity index (χ0) is 15.2. The number of halogens is 1. The Morgan fingerprint density at radius 3 is 2.81 bits per heavy atom. The molecule has 2 rings (SSSR count). The minimum absolute atomic E-state index is 0.225. The first kappa shape index (κ1) is 15.6. The van der Waals surface area contributed by atoms with Gasteiger partial charge < -0.3 is 14.6 Å². The van der Waals surface area contributed by atoms with Gasteiger partial charge in [0.05, 0.1) is 12.8 Å². The number of anilines is 1. The first-order chi connectivity index (χ1) is 10.0. The first-order valence-electron chi connectivity index (χ1n) is 7.28. The molecule has 114 valence electrons. The molecule has 0 amide bonds. The predicted octanol–water partition coefficient (Wildman–Crippen LogP) is 3.80. The van der Waals surface area contributed by atoms with Crippen LogP contribution in [0.25, 0.3) is 0 Å². The molecule has 0 aliphatic rings. The average Bonchev–Trinajstić information content (AvgIpc) is 2.86. The molecule has 0 spiro atoms. The summed E-state index contributed by atoms with van der Waals surface area (Å²) in [4.78, 5) is 1.97. The van der Waals surface area contributed by atoms with Crippen molar-refractivity contribution in [2.45, 2.75) is 26.9 Å². The molecule has 0 saturated carbocycles. The Balaban J connectivity index is 1.90. The highest BCUT2D eigenvalue weighted by atomic mass is 19.1. The lowest BCUT2D eigenvalue weighted by Gasteiger charge is -2.17. The molecule has 0 unspecified atom stereocenters. The van der Waals surface area contributed by atoms with E-state index in [0.717, 1.165) is 30.1 Å². The van der Waals surface area contributed by atoms with E-state index in [9.17, 15) is 4.39 Å². The van der Waals surface area contributed by atoms with E-state index >= 15 is 0 Å². The van der Waals surface area contributed by atoms with E-state index in [0.29, 0.717) is 12.5 Å². The zero-order valence-electron chi connectivity index (χ0n) is 12.9. The normalized spacial score (nSPS) is 11.1. The third-order valence-corrected chi connectivity index (χ3v) is 3.23. The van der Waals surface area contributed by atoms with Gasteiger partial charge in [-0.25, -0.2) is 4.39 Å². The summed E-state index contributed by atoms with van der Waals surface area (Å²) >= 11 is 0. The van der Waals surface area contributed by atoms with E-state index in [1.165, 1.54) is 12.1 Å². The summed E-state index contributed by atoms with van der Waals surface area (Å²) in [6.45, 7) is 6.78. The van der Waals surface area contributed by atoms with Gasteiger partial charge in [0, 0.05) is 24.8 Å². The van der Waals surface area contributed by atoms with Gasteiger partial charge in [-0.3, -0.25) is 0 Å². The van der Waals surface area contributed by atoms with Crippen LogP contribution < -0.4 is 10.2 Å². The molecule has 3 nitrogen and oxygen atoms in total. The van der Waals surface area contributed by atoms with Crippen LogP contribution >= 0.6 is 0 Å². The van der Waals surface area contributed by atoms with Gasteiger partial charge in [-0.2, -0.15) is 0 Å². The molecular weight excluding hydrogens is 267 g/mol. The van der Waals surface area contributed by atoms with Crippen LogP contribution in [0.4, 0.5) is 10.1 Å². The topological polar surface area (TPSA) is 28.4 Å². The van der Waals surface area contributed by atoms with Crippen molar-refractivity contribution in [1.82, 2.24) is 5.32 Å². The fraction of sp³-hybridized carbons (Fsp3) is 0.412. The third kappa shape index (κ3) is 4.90. The van der Waals surface area contributed by atoms with E-state index in [2.05, 4.69) is 19.2 Å². The second-order valence-corrected chi connectivity index (χ2v) is 5.78. The highest BCUT2D eigenvalue weighted by molar-refractivity contribution is 5.45. The summed E-state index contributed by atoms with van der Waals surface area (Å²) in [6.07, 6.45) is 1.78. The third-order valence-electron chi connectivity index (χ3n) is 3.23. The number of hydrogen-bond donors (Lipinski definition) is 1. The van der Waals surface area contributed by atoms with Crippen LogP contribution in [-0.2, 0) is 13.1 Å². The van der Waals surface area contributed by atoms with Crippen molar-refractivity contribution < 1.29 is 8.81 Å². The van der Waals surface area contributed by atoms with Crippen LogP contribution in [0.2, 0.25) is 0 Å². The summed E-state index contributed by atoms with van der Waals surface area (Å²) in [5, 5.41) is 3.38. The van der Waals surface area contributed by atoms with Crippen molar-refractivity contribution >= 4 is 5.69 Å². The van der Waals surface area contributed by atoms with Gasteiger partial charge in [0.25, 0.3) is 0 Å². The number of benzene rings is 1. The van der Waals surface area contributed by atoms with E-state index < -0.39 is 0 Å². The van der Waals surface area contributed by atoms with Crippen LogP contribution in [0.1, 0.15) is 25.2 Å². The van der Waals surface area contributed by atoms with Crippen LogP contribution in [0.3, 0.4) is 0 Å². The largest absolute Gasteiger partial charge is 0.467 e. The maximum atomic E-state index is 13.2. The molecule has 0 aliphatic heterocycles. The van der Waals surface area contributed by atoms with Crippen LogP contribution in [0.5, 0.6) is 0 Å². The molecule has 0 fully saturated rings. The molecule has 0 aliphatic carbocycles. The first-order valence-corrected chi connectivity index (χ1v) is 7.28. The standard InChI is InChI=1S/C17H23FN2O/c1-13(2)9-19-10-14-7-17(21-12-14)11-20(3)16-6-4-5-15(18)8-16/h4-8,12-13,19H,9-11H2,1-3H3. The molecular formula is C17H23FN2O. The minimum atomic E-state index is -0.225. The number of nitrogens with one attached hydrogen (secondary N) is 1. The summed E-state index contributed by atoms with van der Waals surface area (Å²) < 4.78 is 18.8. The molecule has 0 radical (unpaired) electrons. The average molecular weight is 290 g/mol. The second-order valence-electron chi connectivity index (χ2n) is 5.78. The molecule has 0 saturated heterocycles. The Morgan fingerprint density at radius 2 is 2.10 bits per heavy atom. The van der Waals surface area contributed by atoms with Crippen molar-refractivity contribution in [1.29, 1.82) is 0 Å². The van der Waals surface area contributed by atoms with Gasteiger partial charge in [0.1, 0.15) is 11.6 Å². The zero-order valence-corrected chi connectivity index (χ0v) is 12.9. The van der Waals surface area contributed by atoms with Gasteiger partial charge in [-0.05, 0) is 36.7 Å². The number of rotatable bonds is 7. The smallest absolute Gasteiger partial charge is 0.125 e. The molecule has 1 aromatic heterocycles. The van der Waals surface area contributed by atoms with Gasteiger partial charge in [0.15, 0.2) is 0 Å². The Labute approximate surface area is 125 Å². The van der Waals surface area contributed by atoms with Crippen LogP contribution in [0.15, 0.2) is 41.0 Å². The maximum Gasteiger partial charge on any atom is 0.125 e. The monoisotopic (exact) mass is 290 g/mol. The highest BCUT2D eigenvalue weighted by Gasteiger charge is 2.07. The summed E-state index contributed by atoms with van der Waals surface area (Å²) in [6, 6.07) is 8.61. The van der Waals surface area contributed by atoms with E-state index in [1.807, 2.05) is 24.1 Å². The van der Waals surface area contributed by atoms with Crippen molar-refractivity contribution in [3.05, 3.63) is 53.7 Å². The molecule has 1 N–H and O–H groups in total. The Bertz CT molecular complexity index is 565. The molecule has 0 atom stereocenters. The van der Waals surface area contributed by atoms with Crippen LogP contribution in [0, 0.1) is 11.7 Å². The van der Waals surface area contributed by atoms with Crippen LogP contribution in [-0.4, -0.2) is 13.6 Å². The Kier molecular flexibility index (Phi) is 5.39.